The summed E-state index contributed by atoms with van der Waals surface area (Å²) in [5.74, 6) is -2.41. The molecule has 0 heterocycles. The van der Waals surface area contributed by atoms with Crippen molar-refractivity contribution >= 4 is 27.6 Å². The Bertz CT molecular complexity index is 576. The molecule has 0 amide bonds. The van der Waals surface area contributed by atoms with E-state index in [1.54, 1.807) is 6.92 Å². The monoisotopic (exact) mass is 309 g/mol. The number of benzene rings is 1. The molecule has 1 rings (SSSR count). The maximum atomic E-state index is 13.6. The minimum Gasteiger partial charge on any atom is -0.480 e. The first-order valence-corrected chi connectivity index (χ1v) is 7.35. The Kier molecular flexibility index (Phi) is 5.28. The normalized spacial score (nSPS) is 13.2. The van der Waals surface area contributed by atoms with Crippen LogP contribution < -0.4 is 4.72 Å². The van der Waals surface area contributed by atoms with Crippen LogP contribution in [-0.4, -0.2) is 25.5 Å². The molecule has 0 aliphatic heterocycles. The second-order valence-electron chi connectivity index (χ2n) is 3.85. The second kappa shape index (κ2) is 6.31. The van der Waals surface area contributed by atoms with Gasteiger partial charge in [0.15, 0.2) is 5.82 Å². The van der Waals surface area contributed by atoms with Gasteiger partial charge >= 0.3 is 5.97 Å². The number of aliphatic carboxylic acids is 1. The van der Waals surface area contributed by atoms with Gasteiger partial charge < -0.3 is 5.11 Å². The molecule has 19 heavy (non-hydrogen) atoms. The second-order valence-corrected chi connectivity index (χ2v) is 5.94. The third kappa shape index (κ3) is 3.89. The summed E-state index contributed by atoms with van der Waals surface area (Å²) < 4.78 is 39.4. The molecule has 0 spiro atoms. The number of carboxylic acids is 1. The van der Waals surface area contributed by atoms with E-state index in [-0.39, 0.29) is 11.4 Å². The summed E-state index contributed by atoms with van der Waals surface area (Å²) in [6.45, 7) is 1.71. The zero-order valence-electron chi connectivity index (χ0n) is 10.1. The minimum atomic E-state index is -4.27. The molecule has 0 aromatic heterocycles. The van der Waals surface area contributed by atoms with Crippen LogP contribution >= 0.6 is 11.6 Å². The summed E-state index contributed by atoms with van der Waals surface area (Å²) in [6.07, 6.45) is 0.578. The lowest BCUT2D eigenvalue weighted by Crippen LogP contribution is -2.40. The molecule has 1 atom stereocenters. The first kappa shape index (κ1) is 15.9. The fourth-order valence-corrected chi connectivity index (χ4v) is 3.02. The molecule has 0 bridgehead atoms. The Morgan fingerprint density at radius 3 is 2.68 bits per heavy atom. The van der Waals surface area contributed by atoms with Gasteiger partial charge in [0, 0.05) is 0 Å². The predicted octanol–water partition coefficient (Wildman–Crippen LogP) is 2.01. The fourth-order valence-electron chi connectivity index (χ4n) is 1.46. The lowest BCUT2D eigenvalue weighted by Gasteiger charge is -2.14. The molecule has 1 aromatic rings. The summed E-state index contributed by atoms with van der Waals surface area (Å²) >= 11 is 5.50. The van der Waals surface area contributed by atoms with Crippen LogP contribution in [0, 0.1) is 5.82 Å². The SMILES string of the molecule is CCCC(NS(=O)(=O)c1cccc(Cl)c1F)C(=O)O. The molecule has 1 aromatic carbocycles. The standard InChI is InChI=1S/C11H13ClFNO4S/c1-2-4-8(11(15)16)14-19(17,18)9-6-3-5-7(12)10(9)13/h3,5-6,8,14H,2,4H2,1H3,(H,15,16). The van der Waals surface area contributed by atoms with Crippen LogP contribution in [0.3, 0.4) is 0 Å². The van der Waals surface area contributed by atoms with E-state index >= 15 is 0 Å². The quantitative estimate of drug-likeness (QED) is 0.842. The van der Waals surface area contributed by atoms with Crippen LogP contribution in [-0.2, 0) is 14.8 Å². The molecule has 5 nitrogen and oxygen atoms in total. The van der Waals surface area contributed by atoms with Crippen LogP contribution in [0.5, 0.6) is 0 Å². The zero-order valence-corrected chi connectivity index (χ0v) is 11.6. The van der Waals surface area contributed by atoms with Gasteiger partial charge in [-0.15, -0.1) is 0 Å². The number of hydrogen-bond donors (Lipinski definition) is 2. The highest BCUT2D eigenvalue weighted by molar-refractivity contribution is 7.89. The van der Waals surface area contributed by atoms with E-state index in [4.69, 9.17) is 16.7 Å². The van der Waals surface area contributed by atoms with E-state index in [2.05, 4.69) is 0 Å². The van der Waals surface area contributed by atoms with Gasteiger partial charge in [0.25, 0.3) is 0 Å². The Morgan fingerprint density at radius 2 is 2.16 bits per heavy atom. The lowest BCUT2D eigenvalue weighted by atomic mass is 10.2. The van der Waals surface area contributed by atoms with Gasteiger partial charge in [-0.1, -0.05) is 31.0 Å². The van der Waals surface area contributed by atoms with Gasteiger partial charge in [0.1, 0.15) is 10.9 Å². The third-order valence-electron chi connectivity index (χ3n) is 2.38. The number of sulfonamides is 1. The molecular formula is C11H13ClFNO4S. The van der Waals surface area contributed by atoms with Crippen molar-refractivity contribution in [3.05, 3.63) is 29.0 Å². The Balaban J connectivity index is 3.10. The molecule has 0 radical (unpaired) electrons. The Morgan fingerprint density at radius 1 is 1.53 bits per heavy atom. The number of hydrogen-bond acceptors (Lipinski definition) is 3. The Hall–Kier alpha value is -1.18. The van der Waals surface area contributed by atoms with E-state index < -0.39 is 32.7 Å². The summed E-state index contributed by atoms with van der Waals surface area (Å²) in [5, 5.41) is 8.55. The molecule has 0 aliphatic rings. The van der Waals surface area contributed by atoms with Crippen LogP contribution in [0.15, 0.2) is 23.1 Å². The summed E-state index contributed by atoms with van der Waals surface area (Å²) in [5.41, 5.74) is 0. The van der Waals surface area contributed by atoms with Gasteiger partial charge in [0.2, 0.25) is 10.0 Å². The van der Waals surface area contributed by atoms with Crippen molar-refractivity contribution in [2.45, 2.75) is 30.7 Å². The largest absolute Gasteiger partial charge is 0.480 e. The van der Waals surface area contributed by atoms with Gasteiger partial charge in [-0.05, 0) is 18.6 Å². The summed E-state index contributed by atoms with van der Waals surface area (Å²) in [6, 6.07) is 2.20. The molecule has 0 saturated carbocycles. The predicted molar refractivity (Wildman–Crippen MR) is 68.1 cm³/mol. The van der Waals surface area contributed by atoms with Crippen molar-refractivity contribution in [1.82, 2.24) is 4.72 Å². The van der Waals surface area contributed by atoms with Crippen molar-refractivity contribution in [1.29, 1.82) is 0 Å². The number of carbonyl (C=O) groups is 1. The maximum absolute atomic E-state index is 13.6. The number of rotatable bonds is 6. The fraction of sp³-hybridized carbons (Fsp3) is 0.364. The van der Waals surface area contributed by atoms with E-state index in [1.165, 1.54) is 12.1 Å². The molecule has 1 unspecified atom stereocenters. The minimum absolute atomic E-state index is 0.108. The van der Waals surface area contributed by atoms with E-state index in [0.29, 0.717) is 6.42 Å². The molecule has 0 aliphatic carbocycles. The smallest absolute Gasteiger partial charge is 0.321 e. The first-order valence-electron chi connectivity index (χ1n) is 5.48. The zero-order chi connectivity index (χ0) is 14.6. The van der Waals surface area contributed by atoms with Gasteiger partial charge in [-0.2, -0.15) is 4.72 Å². The van der Waals surface area contributed by atoms with Crippen LogP contribution in [0.1, 0.15) is 19.8 Å². The molecular weight excluding hydrogens is 297 g/mol. The number of carboxylic acid groups (broad SMARTS) is 1. The Labute approximate surface area is 115 Å². The van der Waals surface area contributed by atoms with Crippen molar-refractivity contribution in [3.63, 3.8) is 0 Å². The number of nitrogens with one attached hydrogen (secondary N) is 1. The van der Waals surface area contributed by atoms with Gasteiger partial charge in [0.05, 0.1) is 5.02 Å². The molecule has 0 saturated heterocycles. The topological polar surface area (TPSA) is 83.5 Å². The summed E-state index contributed by atoms with van der Waals surface area (Å²) in [4.78, 5) is 10.2. The van der Waals surface area contributed by atoms with E-state index in [0.717, 1.165) is 6.07 Å². The van der Waals surface area contributed by atoms with Crippen LogP contribution in [0.25, 0.3) is 0 Å². The van der Waals surface area contributed by atoms with Crippen LogP contribution in [0.2, 0.25) is 5.02 Å². The van der Waals surface area contributed by atoms with Crippen molar-refractivity contribution in [2.75, 3.05) is 0 Å². The third-order valence-corrected chi connectivity index (χ3v) is 4.16. The van der Waals surface area contributed by atoms with Crippen molar-refractivity contribution in [3.8, 4) is 0 Å². The van der Waals surface area contributed by atoms with E-state index in [1.807, 2.05) is 4.72 Å². The van der Waals surface area contributed by atoms with Gasteiger partial charge in [-0.3, -0.25) is 4.79 Å². The van der Waals surface area contributed by atoms with Gasteiger partial charge in [-0.25, -0.2) is 12.8 Å². The average Bonchev–Trinajstić information content (AvgIpc) is 2.31. The van der Waals surface area contributed by atoms with E-state index in [9.17, 15) is 17.6 Å². The highest BCUT2D eigenvalue weighted by Gasteiger charge is 2.27. The van der Waals surface area contributed by atoms with Crippen LogP contribution in [0.4, 0.5) is 4.39 Å². The highest BCUT2D eigenvalue weighted by Crippen LogP contribution is 2.22. The molecule has 0 fully saturated rings. The molecule has 2 N–H and O–H groups in total. The number of halogens is 2. The molecule has 106 valence electrons. The summed E-state index contributed by atoms with van der Waals surface area (Å²) in [7, 11) is -4.27. The molecule has 8 heteroatoms. The van der Waals surface area contributed by atoms with Crippen molar-refractivity contribution in [2.24, 2.45) is 0 Å². The maximum Gasteiger partial charge on any atom is 0.321 e. The highest BCUT2D eigenvalue weighted by atomic mass is 35.5. The van der Waals surface area contributed by atoms with Crippen molar-refractivity contribution < 1.29 is 22.7 Å². The first-order chi connectivity index (χ1) is 8.79. The lowest BCUT2D eigenvalue weighted by molar-refractivity contribution is -0.139. The average molecular weight is 310 g/mol.